The van der Waals surface area contributed by atoms with Crippen molar-refractivity contribution in [3.63, 3.8) is 0 Å². The van der Waals surface area contributed by atoms with Crippen LogP contribution >= 0.6 is 0 Å². The standard InChI is InChI=1S/C6H4FN2/c1-2-3-9-5-6(7)4-8-9/h1,5H,3H2. The smallest absolute Gasteiger partial charge is 0.170 e. The van der Waals surface area contributed by atoms with Crippen molar-refractivity contribution in [2.24, 2.45) is 0 Å². The highest BCUT2D eigenvalue weighted by atomic mass is 19.1. The van der Waals surface area contributed by atoms with Gasteiger partial charge in [0.25, 0.3) is 0 Å². The predicted molar refractivity (Wildman–Crippen MR) is 29.9 cm³/mol. The van der Waals surface area contributed by atoms with Gasteiger partial charge < -0.3 is 0 Å². The molecule has 1 heterocycles. The van der Waals surface area contributed by atoms with Gasteiger partial charge in [0.05, 0.1) is 6.20 Å². The lowest BCUT2D eigenvalue weighted by atomic mass is 10.6. The molecular formula is C6H4FN2. The molecule has 0 aliphatic carbocycles. The van der Waals surface area contributed by atoms with Gasteiger partial charge in [0.15, 0.2) is 12.0 Å². The van der Waals surface area contributed by atoms with E-state index in [2.05, 4.69) is 17.2 Å². The highest BCUT2D eigenvalue weighted by Crippen LogP contribution is 1.90. The second-order valence-electron chi connectivity index (χ2n) is 1.49. The number of hydrogen-bond donors (Lipinski definition) is 0. The fraction of sp³-hybridized carbons (Fsp3) is 0.167. The first-order valence-corrected chi connectivity index (χ1v) is 2.37. The molecule has 1 radical (unpaired) electrons. The Labute approximate surface area is 52.3 Å². The van der Waals surface area contributed by atoms with Gasteiger partial charge in [-0.25, -0.2) is 4.39 Å². The van der Waals surface area contributed by atoms with Crippen LogP contribution in [0.25, 0.3) is 0 Å². The minimum Gasteiger partial charge on any atom is -0.257 e. The minimum atomic E-state index is -0.481. The molecule has 0 fully saturated rings. The molecule has 45 valence electrons. The highest BCUT2D eigenvalue weighted by molar-refractivity contribution is 4.88. The molecule has 1 aromatic rings. The molecule has 3 heteroatoms. The number of hydrogen-bond acceptors (Lipinski definition) is 1. The van der Waals surface area contributed by atoms with Crippen molar-refractivity contribution in [3.05, 3.63) is 18.2 Å². The van der Waals surface area contributed by atoms with Crippen LogP contribution < -0.4 is 0 Å². The van der Waals surface area contributed by atoms with E-state index in [4.69, 9.17) is 6.42 Å². The Kier molecular flexibility index (Phi) is 1.50. The van der Waals surface area contributed by atoms with E-state index in [9.17, 15) is 4.39 Å². The number of halogens is 1. The summed E-state index contributed by atoms with van der Waals surface area (Å²) in [4.78, 5) is 0. The molecule has 0 spiro atoms. The van der Waals surface area contributed by atoms with Crippen LogP contribution in [0, 0.1) is 24.4 Å². The molecule has 0 bridgehead atoms. The zero-order chi connectivity index (χ0) is 6.69. The van der Waals surface area contributed by atoms with Crippen LogP contribution in [0.3, 0.4) is 0 Å². The van der Waals surface area contributed by atoms with Crippen LogP contribution in [0.4, 0.5) is 4.39 Å². The van der Waals surface area contributed by atoms with Crippen molar-refractivity contribution < 1.29 is 4.39 Å². The summed E-state index contributed by atoms with van der Waals surface area (Å²) in [6.45, 7) is 0.292. The van der Waals surface area contributed by atoms with Crippen LogP contribution in [0.15, 0.2) is 6.20 Å². The molecule has 0 unspecified atom stereocenters. The highest BCUT2D eigenvalue weighted by Gasteiger charge is 1.92. The summed E-state index contributed by atoms with van der Waals surface area (Å²) in [5.41, 5.74) is 0. The van der Waals surface area contributed by atoms with Gasteiger partial charge in [-0.3, -0.25) is 4.68 Å². The van der Waals surface area contributed by atoms with Gasteiger partial charge in [0, 0.05) is 0 Å². The topological polar surface area (TPSA) is 17.8 Å². The maximum absolute atomic E-state index is 12.0. The third kappa shape index (κ3) is 1.29. The lowest BCUT2D eigenvalue weighted by Crippen LogP contribution is -1.94. The van der Waals surface area contributed by atoms with Crippen LogP contribution in [-0.4, -0.2) is 9.78 Å². The third-order valence-electron chi connectivity index (χ3n) is 0.801. The first-order valence-electron chi connectivity index (χ1n) is 2.37. The molecule has 0 amide bonds. The summed E-state index contributed by atoms with van der Waals surface area (Å²) in [5.74, 6) is 1.83. The summed E-state index contributed by atoms with van der Waals surface area (Å²) in [5, 5.41) is 3.48. The largest absolute Gasteiger partial charge is 0.257 e. The van der Waals surface area contributed by atoms with Crippen LogP contribution in [0.5, 0.6) is 0 Å². The molecule has 1 aromatic heterocycles. The maximum Gasteiger partial charge on any atom is 0.170 e. The zero-order valence-electron chi connectivity index (χ0n) is 4.63. The first-order chi connectivity index (χ1) is 4.33. The van der Waals surface area contributed by atoms with Gasteiger partial charge in [-0.1, -0.05) is 5.92 Å². The molecule has 0 saturated heterocycles. The van der Waals surface area contributed by atoms with Crippen molar-refractivity contribution in [1.29, 1.82) is 0 Å². The lowest BCUT2D eigenvalue weighted by molar-refractivity contribution is 0.621. The lowest BCUT2D eigenvalue weighted by Gasteiger charge is -1.87. The van der Waals surface area contributed by atoms with Gasteiger partial charge in [-0.2, -0.15) is 5.10 Å². The van der Waals surface area contributed by atoms with E-state index in [-0.39, 0.29) is 0 Å². The third-order valence-corrected chi connectivity index (χ3v) is 0.801. The molecule has 1 rings (SSSR count). The Morgan fingerprint density at radius 3 is 3.22 bits per heavy atom. The molecule has 0 aliphatic heterocycles. The van der Waals surface area contributed by atoms with Gasteiger partial charge in [0.1, 0.15) is 6.54 Å². The number of rotatable bonds is 1. The van der Waals surface area contributed by atoms with E-state index in [0.717, 1.165) is 0 Å². The maximum atomic E-state index is 12.0. The molecule has 0 saturated carbocycles. The molecule has 0 N–H and O–H groups in total. The van der Waals surface area contributed by atoms with Crippen molar-refractivity contribution in [1.82, 2.24) is 9.78 Å². The monoisotopic (exact) mass is 123 g/mol. The van der Waals surface area contributed by atoms with Crippen LogP contribution in [0.2, 0.25) is 0 Å². The Balaban J connectivity index is 2.76. The molecule has 9 heavy (non-hydrogen) atoms. The zero-order valence-corrected chi connectivity index (χ0v) is 4.63. The number of nitrogens with zero attached hydrogens (tertiary/aromatic N) is 2. The van der Waals surface area contributed by atoms with E-state index in [1.165, 1.54) is 10.9 Å². The molecule has 0 atom stereocenters. The summed E-state index contributed by atoms with van der Waals surface area (Å²) < 4.78 is 13.3. The second-order valence-corrected chi connectivity index (χ2v) is 1.49. The van der Waals surface area contributed by atoms with Crippen molar-refractivity contribution in [3.8, 4) is 12.3 Å². The molecule has 2 nitrogen and oxygen atoms in total. The van der Waals surface area contributed by atoms with E-state index >= 15 is 0 Å². The minimum absolute atomic E-state index is 0.292. The average molecular weight is 123 g/mol. The second kappa shape index (κ2) is 2.31. The molecule has 0 aromatic carbocycles. The normalized spacial score (nSPS) is 8.89. The Morgan fingerprint density at radius 2 is 2.78 bits per heavy atom. The van der Waals surface area contributed by atoms with Crippen molar-refractivity contribution in [2.45, 2.75) is 6.54 Å². The van der Waals surface area contributed by atoms with Gasteiger partial charge in [-0.05, 0) is 0 Å². The summed E-state index contributed by atoms with van der Waals surface area (Å²) in [6.07, 6.45) is 8.22. The van der Waals surface area contributed by atoms with E-state index in [1.807, 2.05) is 0 Å². The van der Waals surface area contributed by atoms with Crippen LogP contribution in [-0.2, 0) is 6.54 Å². The average Bonchev–Trinajstić information content (AvgIpc) is 2.17. The van der Waals surface area contributed by atoms with E-state index in [0.29, 0.717) is 6.54 Å². The van der Waals surface area contributed by atoms with Gasteiger partial charge in [-0.15, -0.1) is 6.42 Å². The van der Waals surface area contributed by atoms with E-state index < -0.39 is 5.82 Å². The van der Waals surface area contributed by atoms with Crippen LogP contribution in [0.1, 0.15) is 0 Å². The molecular weight excluding hydrogens is 119 g/mol. The van der Waals surface area contributed by atoms with Crippen molar-refractivity contribution in [2.75, 3.05) is 0 Å². The Bertz CT molecular complexity index is 233. The number of terminal acetylenes is 1. The Morgan fingerprint density at radius 1 is 2.00 bits per heavy atom. The van der Waals surface area contributed by atoms with E-state index in [1.54, 1.807) is 0 Å². The first kappa shape index (κ1) is 5.83. The predicted octanol–water partition coefficient (Wildman–Crippen LogP) is 0.456. The van der Waals surface area contributed by atoms with Crippen molar-refractivity contribution >= 4 is 0 Å². The number of aromatic nitrogens is 2. The summed E-state index contributed by atoms with van der Waals surface area (Å²) >= 11 is 0. The Hall–Kier alpha value is -1.30. The fourth-order valence-corrected chi connectivity index (χ4v) is 0.475. The SMILES string of the molecule is C#CCn1cc(F)[c]n1. The summed E-state index contributed by atoms with van der Waals surface area (Å²) in [6, 6.07) is 0. The van der Waals surface area contributed by atoms with Gasteiger partial charge in [0.2, 0.25) is 0 Å². The summed E-state index contributed by atoms with van der Waals surface area (Å²) in [7, 11) is 0. The van der Waals surface area contributed by atoms with Gasteiger partial charge >= 0.3 is 0 Å². The molecule has 0 aliphatic rings. The fourth-order valence-electron chi connectivity index (χ4n) is 0.475. The quantitative estimate of drug-likeness (QED) is 0.496.